The van der Waals surface area contributed by atoms with Crippen LogP contribution in [0, 0.1) is 17.8 Å². The summed E-state index contributed by atoms with van der Waals surface area (Å²) in [6, 6.07) is 15.1. The lowest BCUT2D eigenvalue weighted by Crippen LogP contribution is -2.57. The van der Waals surface area contributed by atoms with Crippen molar-refractivity contribution in [2.45, 2.75) is 111 Å². The standard InChI is InChI=1S/C40H57N5O7/c1-7-27(6)35(23-46)42-37(48)22-36(47)32(19-25(2)3)43-38(49)33(20-26(4)5)44-39(50)34(45-40(51)52-24-28-13-9-8-10-14-28)21-29-17-18-41-31-16-12-11-15-30(29)31/h8-18,25-27,32-36,46-47H,7,19-24H2,1-6H3,(H,42,48)(H,43,49)(H,44,50)(H,45,51)/t27-,32-,33-,34-,35+,36-/m0/s1. The van der Waals surface area contributed by atoms with E-state index >= 15 is 0 Å². The van der Waals surface area contributed by atoms with Gasteiger partial charge in [-0.3, -0.25) is 19.4 Å². The summed E-state index contributed by atoms with van der Waals surface area (Å²) in [5.41, 5.74) is 2.29. The maximum atomic E-state index is 14.0. The third-order valence-electron chi connectivity index (χ3n) is 9.11. The van der Waals surface area contributed by atoms with Gasteiger partial charge < -0.3 is 36.2 Å². The maximum absolute atomic E-state index is 14.0. The maximum Gasteiger partial charge on any atom is 0.408 e. The number of hydrogen-bond acceptors (Lipinski definition) is 8. The SMILES string of the molecule is CC[C@H](C)[C@@H](CO)NC(=O)C[C@H](O)[C@H](CC(C)C)NC(=O)[C@H](CC(C)C)NC(=O)[C@H](Cc1ccnc2ccccc12)NC(=O)OCc1ccccc1. The van der Waals surface area contributed by atoms with Crippen molar-refractivity contribution in [3.05, 3.63) is 78.0 Å². The van der Waals surface area contributed by atoms with Crippen molar-refractivity contribution in [1.29, 1.82) is 0 Å². The summed E-state index contributed by atoms with van der Waals surface area (Å²) >= 11 is 0. The molecular weight excluding hydrogens is 662 g/mol. The Morgan fingerprint density at radius 1 is 0.769 bits per heavy atom. The zero-order chi connectivity index (χ0) is 38.2. The highest BCUT2D eigenvalue weighted by molar-refractivity contribution is 5.92. The third kappa shape index (κ3) is 13.5. The molecule has 0 aliphatic rings. The Morgan fingerprint density at radius 3 is 2.08 bits per heavy atom. The van der Waals surface area contributed by atoms with Gasteiger partial charge in [-0.15, -0.1) is 0 Å². The van der Waals surface area contributed by atoms with Gasteiger partial charge in [0.15, 0.2) is 0 Å². The number of carbonyl (C=O) groups is 4. The highest BCUT2D eigenvalue weighted by Gasteiger charge is 2.32. The van der Waals surface area contributed by atoms with E-state index in [-0.39, 0.29) is 50.2 Å². The van der Waals surface area contributed by atoms with Crippen LogP contribution in [0.1, 0.15) is 78.4 Å². The Morgan fingerprint density at radius 2 is 1.42 bits per heavy atom. The molecule has 0 aliphatic heterocycles. The average Bonchev–Trinajstić information content (AvgIpc) is 3.11. The molecule has 0 radical (unpaired) electrons. The molecule has 0 bridgehead atoms. The Bertz CT molecular complexity index is 1580. The van der Waals surface area contributed by atoms with Crippen LogP contribution in [0.3, 0.4) is 0 Å². The number of aliphatic hydroxyl groups excluding tert-OH is 2. The van der Waals surface area contributed by atoms with Crippen molar-refractivity contribution in [3.8, 4) is 0 Å². The highest BCUT2D eigenvalue weighted by Crippen LogP contribution is 2.19. The monoisotopic (exact) mass is 719 g/mol. The first kappa shape index (κ1) is 41.9. The van der Waals surface area contributed by atoms with E-state index in [1.165, 1.54) is 0 Å². The number of alkyl carbamates (subject to hydrolysis) is 1. The number of ether oxygens (including phenoxy) is 1. The molecule has 52 heavy (non-hydrogen) atoms. The molecule has 1 aromatic heterocycles. The van der Waals surface area contributed by atoms with Crippen LogP contribution < -0.4 is 21.3 Å². The quantitative estimate of drug-likeness (QED) is 0.0995. The number of carbonyl (C=O) groups excluding carboxylic acids is 4. The van der Waals surface area contributed by atoms with Gasteiger partial charge in [-0.1, -0.05) is 96.5 Å². The van der Waals surface area contributed by atoms with Gasteiger partial charge in [-0.05, 0) is 53.9 Å². The van der Waals surface area contributed by atoms with Crippen LogP contribution in [-0.4, -0.2) is 75.9 Å². The molecule has 0 fully saturated rings. The molecule has 12 nitrogen and oxygen atoms in total. The molecule has 0 spiro atoms. The van der Waals surface area contributed by atoms with Crippen molar-refractivity contribution in [1.82, 2.24) is 26.3 Å². The summed E-state index contributed by atoms with van der Waals surface area (Å²) in [4.78, 5) is 58.3. The smallest absolute Gasteiger partial charge is 0.408 e. The number of benzene rings is 2. The number of para-hydroxylation sites is 1. The molecule has 6 atom stereocenters. The molecule has 3 rings (SSSR count). The lowest BCUT2D eigenvalue weighted by atomic mass is 9.95. The van der Waals surface area contributed by atoms with Gasteiger partial charge >= 0.3 is 6.09 Å². The number of fused-ring (bicyclic) bond motifs is 1. The fraction of sp³-hybridized carbons (Fsp3) is 0.525. The number of aromatic nitrogens is 1. The van der Waals surface area contributed by atoms with E-state index in [2.05, 4.69) is 26.3 Å². The summed E-state index contributed by atoms with van der Waals surface area (Å²) in [6.07, 6.45) is 0.873. The van der Waals surface area contributed by atoms with E-state index < -0.39 is 54.1 Å². The van der Waals surface area contributed by atoms with Gasteiger partial charge in [0.2, 0.25) is 17.7 Å². The lowest BCUT2D eigenvalue weighted by molar-refractivity contribution is -0.132. The van der Waals surface area contributed by atoms with E-state index in [1.54, 1.807) is 12.3 Å². The number of pyridine rings is 1. The molecule has 0 saturated carbocycles. The zero-order valence-electron chi connectivity index (χ0n) is 31.3. The van der Waals surface area contributed by atoms with Gasteiger partial charge in [-0.25, -0.2) is 4.79 Å². The van der Waals surface area contributed by atoms with E-state index in [4.69, 9.17) is 4.74 Å². The Balaban J connectivity index is 1.81. The minimum Gasteiger partial charge on any atom is -0.445 e. The Labute approximate surface area is 307 Å². The molecule has 4 amide bonds. The van der Waals surface area contributed by atoms with Crippen molar-refractivity contribution in [3.63, 3.8) is 0 Å². The predicted molar refractivity (Wildman–Crippen MR) is 201 cm³/mol. The van der Waals surface area contributed by atoms with Gasteiger partial charge in [0.25, 0.3) is 0 Å². The second kappa shape index (κ2) is 21.1. The lowest BCUT2D eigenvalue weighted by Gasteiger charge is -2.30. The number of nitrogens with zero attached hydrogens (tertiary/aromatic N) is 1. The van der Waals surface area contributed by atoms with Gasteiger partial charge in [0.05, 0.1) is 36.7 Å². The van der Waals surface area contributed by atoms with Crippen LogP contribution in [0.25, 0.3) is 10.9 Å². The van der Waals surface area contributed by atoms with Crippen LogP contribution in [0.2, 0.25) is 0 Å². The van der Waals surface area contributed by atoms with Crippen LogP contribution in [0.4, 0.5) is 4.79 Å². The van der Waals surface area contributed by atoms with E-state index in [0.29, 0.717) is 6.42 Å². The fourth-order valence-electron chi connectivity index (χ4n) is 6.00. The van der Waals surface area contributed by atoms with Gasteiger partial charge in [0.1, 0.15) is 18.7 Å². The third-order valence-corrected chi connectivity index (χ3v) is 9.11. The summed E-state index contributed by atoms with van der Waals surface area (Å²) in [5, 5.41) is 33.0. The van der Waals surface area contributed by atoms with E-state index in [1.807, 2.05) is 96.1 Å². The van der Waals surface area contributed by atoms with Gasteiger partial charge in [0, 0.05) is 18.0 Å². The van der Waals surface area contributed by atoms with E-state index in [0.717, 1.165) is 28.5 Å². The number of rotatable bonds is 20. The predicted octanol–water partition coefficient (Wildman–Crippen LogP) is 4.41. The molecule has 2 aromatic carbocycles. The number of hydrogen-bond donors (Lipinski definition) is 6. The summed E-state index contributed by atoms with van der Waals surface area (Å²) in [5.74, 6) is -1.43. The molecule has 0 unspecified atom stereocenters. The number of amides is 4. The fourth-order valence-corrected chi connectivity index (χ4v) is 6.00. The average molecular weight is 720 g/mol. The molecule has 3 aromatic rings. The molecule has 0 aliphatic carbocycles. The van der Waals surface area contributed by atoms with Crippen LogP contribution in [-0.2, 0) is 32.1 Å². The zero-order valence-corrected chi connectivity index (χ0v) is 31.3. The summed E-state index contributed by atoms with van der Waals surface area (Å²) < 4.78 is 5.45. The summed E-state index contributed by atoms with van der Waals surface area (Å²) in [6.45, 7) is 11.4. The first-order chi connectivity index (χ1) is 24.8. The minimum atomic E-state index is -1.22. The Hall–Kier alpha value is -4.55. The minimum absolute atomic E-state index is 0.00217. The topological polar surface area (TPSA) is 179 Å². The highest BCUT2D eigenvalue weighted by atomic mass is 16.5. The molecule has 12 heteroatoms. The molecule has 284 valence electrons. The Kier molecular flexibility index (Phi) is 17.0. The molecule has 0 saturated heterocycles. The van der Waals surface area contributed by atoms with Crippen LogP contribution in [0.15, 0.2) is 66.9 Å². The normalized spacial score (nSPS) is 14.9. The van der Waals surface area contributed by atoms with Crippen LogP contribution >= 0.6 is 0 Å². The van der Waals surface area contributed by atoms with Crippen molar-refractivity contribution < 1.29 is 34.1 Å². The molecule has 6 N–H and O–H groups in total. The van der Waals surface area contributed by atoms with Crippen molar-refractivity contribution >= 4 is 34.7 Å². The van der Waals surface area contributed by atoms with Crippen LogP contribution in [0.5, 0.6) is 0 Å². The number of aliphatic hydroxyl groups is 2. The first-order valence-electron chi connectivity index (χ1n) is 18.3. The largest absolute Gasteiger partial charge is 0.445 e. The molecular formula is C40H57N5O7. The summed E-state index contributed by atoms with van der Waals surface area (Å²) in [7, 11) is 0. The van der Waals surface area contributed by atoms with Gasteiger partial charge in [-0.2, -0.15) is 0 Å². The molecule has 1 heterocycles. The van der Waals surface area contributed by atoms with Crippen molar-refractivity contribution in [2.75, 3.05) is 6.61 Å². The number of nitrogens with one attached hydrogen (secondary N) is 4. The first-order valence-corrected chi connectivity index (χ1v) is 18.3. The second-order valence-corrected chi connectivity index (χ2v) is 14.4. The van der Waals surface area contributed by atoms with Crippen molar-refractivity contribution in [2.24, 2.45) is 17.8 Å². The van der Waals surface area contributed by atoms with E-state index in [9.17, 15) is 29.4 Å². The second-order valence-electron chi connectivity index (χ2n) is 14.4.